The number of carbonyl (C=O) groups excluding carboxylic acids is 1. The van der Waals surface area contributed by atoms with E-state index in [1.54, 1.807) is 31.2 Å². The topological polar surface area (TPSA) is 38.8 Å². The van der Waals surface area contributed by atoms with E-state index in [0.717, 1.165) is 5.56 Å². The van der Waals surface area contributed by atoms with Crippen LogP contribution in [0.25, 0.3) is 16.7 Å². The molecule has 2 atom stereocenters. The summed E-state index contributed by atoms with van der Waals surface area (Å²) in [4.78, 5) is 14.3. The van der Waals surface area contributed by atoms with Gasteiger partial charge in [0.05, 0.1) is 30.8 Å². The number of methoxy groups -OCH3 is 1. The fourth-order valence-corrected chi connectivity index (χ4v) is 5.13. The predicted molar refractivity (Wildman–Crippen MR) is 148 cm³/mol. The minimum Gasteiger partial charge on any atom is -0.496 e. The highest BCUT2D eigenvalue weighted by molar-refractivity contribution is 5.78. The number of allylic oxidation sites excluding steroid dienone is 1. The Morgan fingerprint density at radius 3 is 2.09 bits per heavy atom. The van der Waals surface area contributed by atoms with E-state index in [4.69, 9.17) is 9.47 Å². The molecule has 4 rings (SSSR count). The summed E-state index contributed by atoms with van der Waals surface area (Å²) in [5.41, 5.74) is 0.136. The fourth-order valence-electron chi connectivity index (χ4n) is 5.13. The molecule has 1 saturated heterocycles. The highest BCUT2D eigenvalue weighted by Crippen LogP contribution is 2.43. The number of hydrogen-bond acceptors (Lipinski definition) is 3. The highest BCUT2D eigenvalue weighted by atomic mass is 19.4. The smallest absolute Gasteiger partial charge is 0.416 e. The first kappa shape index (κ1) is 31.9. The maximum absolute atomic E-state index is 14.8. The van der Waals surface area contributed by atoms with E-state index in [2.05, 4.69) is 6.58 Å². The number of amides is 1. The Hall–Kier alpha value is -4.02. The first-order valence-electron chi connectivity index (χ1n) is 13.4. The molecule has 0 radical (unpaired) electrons. The van der Waals surface area contributed by atoms with E-state index < -0.39 is 53.1 Å². The van der Waals surface area contributed by atoms with Crippen molar-refractivity contribution >= 4 is 11.7 Å². The van der Waals surface area contributed by atoms with Crippen LogP contribution in [0.5, 0.6) is 5.75 Å². The third kappa shape index (κ3) is 6.50. The van der Waals surface area contributed by atoms with E-state index in [-0.39, 0.29) is 24.3 Å². The highest BCUT2D eigenvalue weighted by Gasteiger charge is 2.43. The van der Waals surface area contributed by atoms with Crippen LogP contribution in [0, 0.1) is 5.82 Å². The van der Waals surface area contributed by atoms with Gasteiger partial charge in [0.25, 0.3) is 0 Å². The van der Waals surface area contributed by atoms with E-state index in [0.29, 0.717) is 40.0 Å². The quantitative estimate of drug-likeness (QED) is 0.250. The van der Waals surface area contributed by atoms with Gasteiger partial charge in [0.2, 0.25) is 0 Å². The molecule has 43 heavy (non-hydrogen) atoms. The lowest BCUT2D eigenvalue weighted by molar-refractivity contribution is -0.143. The van der Waals surface area contributed by atoms with Crippen LogP contribution in [0.3, 0.4) is 0 Å². The van der Waals surface area contributed by atoms with Gasteiger partial charge in [-0.2, -0.15) is 26.3 Å². The summed E-state index contributed by atoms with van der Waals surface area (Å²) in [7, 11) is 1.39. The van der Waals surface area contributed by atoms with Crippen molar-refractivity contribution in [3.63, 3.8) is 0 Å². The van der Waals surface area contributed by atoms with Gasteiger partial charge in [-0.3, -0.25) is 4.90 Å². The van der Waals surface area contributed by atoms with Crippen molar-refractivity contribution in [3.05, 3.63) is 94.3 Å². The lowest BCUT2D eigenvalue weighted by atomic mass is 9.91. The van der Waals surface area contributed by atoms with E-state index >= 15 is 0 Å². The third-order valence-electron chi connectivity index (χ3n) is 7.50. The lowest BCUT2D eigenvalue weighted by Gasteiger charge is -2.24. The first-order chi connectivity index (χ1) is 19.9. The summed E-state index contributed by atoms with van der Waals surface area (Å²) in [6, 6.07) is 8.49. The van der Waals surface area contributed by atoms with Gasteiger partial charge in [-0.15, -0.1) is 0 Å². The Labute approximate surface area is 244 Å². The molecule has 230 valence electrons. The number of halogens is 7. The molecule has 0 unspecified atom stereocenters. The zero-order chi connectivity index (χ0) is 32.0. The number of carbonyl (C=O) groups is 1. The van der Waals surface area contributed by atoms with Crippen molar-refractivity contribution in [1.82, 2.24) is 4.90 Å². The number of nitrogens with zero attached hydrogens (tertiary/aromatic N) is 1. The Bertz CT molecular complexity index is 1530. The molecule has 0 N–H and O–H groups in total. The van der Waals surface area contributed by atoms with E-state index in [1.165, 1.54) is 25.0 Å². The van der Waals surface area contributed by atoms with Crippen LogP contribution >= 0.6 is 0 Å². The molecule has 0 saturated carbocycles. The molecule has 0 aliphatic carbocycles. The van der Waals surface area contributed by atoms with Crippen molar-refractivity contribution in [1.29, 1.82) is 0 Å². The van der Waals surface area contributed by atoms with Crippen LogP contribution in [0.15, 0.2) is 55.1 Å². The second-order valence-corrected chi connectivity index (χ2v) is 10.9. The van der Waals surface area contributed by atoms with Crippen LogP contribution in [0.4, 0.5) is 35.5 Å². The summed E-state index contributed by atoms with van der Waals surface area (Å²) in [6.45, 7) is 10.8. The van der Waals surface area contributed by atoms with Gasteiger partial charge >= 0.3 is 18.4 Å². The molecule has 0 aromatic heterocycles. The van der Waals surface area contributed by atoms with Gasteiger partial charge in [-0.05, 0) is 77.9 Å². The molecule has 3 aromatic rings. The molecule has 0 bridgehead atoms. The van der Waals surface area contributed by atoms with Crippen molar-refractivity contribution in [3.8, 4) is 16.9 Å². The largest absolute Gasteiger partial charge is 0.496 e. The Balaban J connectivity index is 1.80. The number of rotatable bonds is 7. The minimum absolute atomic E-state index is 0.0274. The van der Waals surface area contributed by atoms with E-state index in [1.807, 2.05) is 13.8 Å². The number of alkyl halides is 6. The zero-order valence-corrected chi connectivity index (χ0v) is 24.1. The van der Waals surface area contributed by atoms with Crippen molar-refractivity contribution in [2.45, 2.75) is 64.7 Å². The summed E-state index contributed by atoms with van der Waals surface area (Å²) in [5.74, 6) is -0.370. The van der Waals surface area contributed by atoms with Crippen molar-refractivity contribution in [2.75, 3.05) is 7.11 Å². The van der Waals surface area contributed by atoms with Gasteiger partial charge in [-0.25, -0.2) is 9.18 Å². The van der Waals surface area contributed by atoms with Gasteiger partial charge < -0.3 is 9.47 Å². The van der Waals surface area contributed by atoms with Crippen LogP contribution in [0.2, 0.25) is 0 Å². The SMILES string of the molecule is C=C(C)c1ccc(-c2cc(C(C)C)c(F)cc2OC)c(CN2C(=O)O[C@H](c3cc(C(F)(F)F)cc(C(F)(F)F)c3)[C@@H]2C)c1. The maximum atomic E-state index is 14.8. The van der Waals surface area contributed by atoms with Crippen LogP contribution in [0.1, 0.15) is 73.1 Å². The van der Waals surface area contributed by atoms with Gasteiger partial charge in [0, 0.05) is 11.6 Å². The second-order valence-electron chi connectivity index (χ2n) is 10.9. The van der Waals surface area contributed by atoms with Crippen LogP contribution < -0.4 is 4.74 Å². The number of cyclic esters (lactones) is 1. The molecule has 1 aliphatic rings. The molecule has 1 fully saturated rings. The summed E-state index contributed by atoms with van der Waals surface area (Å²) in [5, 5.41) is 0. The summed E-state index contributed by atoms with van der Waals surface area (Å²) >= 11 is 0. The molecule has 1 heterocycles. The zero-order valence-electron chi connectivity index (χ0n) is 24.1. The molecule has 4 nitrogen and oxygen atoms in total. The van der Waals surface area contributed by atoms with Crippen molar-refractivity contribution in [2.24, 2.45) is 0 Å². The van der Waals surface area contributed by atoms with Crippen LogP contribution in [-0.4, -0.2) is 24.1 Å². The fraction of sp³-hybridized carbons (Fsp3) is 0.344. The first-order valence-corrected chi connectivity index (χ1v) is 13.4. The maximum Gasteiger partial charge on any atom is 0.416 e. The minimum atomic E-state index is -5.05. The monoisotopic (exact) mass is 609 g/mol. The predicted octanol–water partition coefficient (Wildman–Crippen LogP) is 9.78. The van der Waals surface area contributed by atoms with Gasteiger partial charge in [0.15, 0.2) is 0 Å². The van der Waals surface area contributed by atoms with Crippen LogP contribution in [-0.2, 0) is 23.6 Å². The van der Waals surface area contributed by atoms with Gasteiger partial charge in [0.1, 0.15) is 17.7 Å². The molecule has 1 amide bonds. The Morgan fingerprint density at radius 1 is 0.977 bits per heavy atom. The Morgan fingerprint density at radius 2 is 1.58 bits per heavy atom. The average molecular weight is 610 g/mol. The molecular formula is C32H30F7NO3. The molecule has 11 heteroatoms. The standard InChI is InChI=1S/C32H30F7NO3/c1-16(2)19-7-8-24(26-13-25(17(3)4)27(33)14-28(26)42-6)21(9-19)15-40-18(5)29(43-30(40)41)20-10-22(31(34,35)36)12-23(11-20)32(37,38)39/h7-14,17-18,29H,1,15H2,2-6H3/t18-,29-/m0/s1. The number of benzene rings is 3. The molecule has 1 aliphatic heterocycles. The van der Waals surface area contributed by atoms with E-state index in [9.17, 15) is 35.5 Å². The second kappa shape index (κ2) is 11.6. The number of hydrogen-bond donors (Lipinski definition) is 0. The molecule has 0 spiro atoms. The Kier molecular flexibility index (Phi) is 8.59. The summed E-state index contributed by atoms with van der Waals surface area (Å²) in [6.07, 6.45) is -12.4. The van der Waals surface area contributed by atoms with Crippen molar-refractivity contribution < 1.29 is 45.0 Å². The molecular weight excluding hydrogens is 579 g/mol. The lowest BCUT2D eigenvalue weighted by Crippen LogP contribution is -2.31. The number of ether oxygens (including phenoxy) is 2. The third-order valence-corrected chi connectivity index (χ3v) is 7.50. The average Bonchev–Trinajstić information content (AvgIpc) is 3.19. The van der Waals surface area contributed by atoms with Gasteiger partial charge in [-0.1, -0.05) is 38.1 Å². The molecule has 3 aromatic carbocycles. The summed E-state index contributed by atoms with van der Waals surface area (Å²) < 4.78 is 107. The normalized spacial score (nSPS) is 17.4.